The molecule has 3 aromatic rings. The summed E-state index contributed by atoms with van der Waals surface area (Å²) in [7, 11) is 0. The van der Waals surface area contributed by atoms with Crippen LogP contribution in [0.15, 0.2) is 48.8 Å². The van der Waals surface area contributed by atoms with Crippen LogP contribution in [0, 0.1) is 11.8 Å². The fraction of sp³-hybridized carbons (Fsp3) is 0.364. The maximum absolute atomic E-state index is 12.7. The highest BCUT2D eigenvalue weighted by Gasteiger charge is 2.27. The van der Waals surface area contributed by atoms with Crippen LogP contribution >= 0.6 is 0 Å². The summed E-state index contributed by atoms with van der Waals surface area (Å²) in [6.45, 7) is 0.834. The molecule has 3 N–H and O–H groups in total. The number of carbonyl (C=O) groups is 2. The zero-order valence-electron chi connectivity index (χ0n) is 16.6. The number of nitrogens with zero attached hydrogens (tertiary/aromatic N) is 2. The smallest absolute Gasteiger partial charge is 0.407 e. The van der Waals surface area contributed by atoms with Crippen molar-refractivity contribution in [2.75, 3.05) is 11.9 Å². The average Bonchev–Trinajstić information content (AvgIpc) is 3.27. The van der Waals surface area contributed by atoms with Crippen molar-refractivity contribution < 1.29 is 14.3 Å². The van der Waals surface area contributed by atoms with E-state index in [4.69, 9.17) is 4.74 Å². The van der Waals surface area contributed by atoms with E-state index in [9.17, 15) is 9.59 Å². The fourth-order valence-electron chi connectivity index (χ4n) is 3.83. The van der Waals surface area contributed by atoms with Gasteiger partial charge in [0.1, 0.15) is 6.61 Å². The Kier molecular flexibility index (Phi) is 6.22. The zero-order valence-corrected chi connectivity index (χ0v) is 16.6. The maximum atomic E-state index is 12.7. The average molecular weight is 407 g/mol. The topological polar surface area (TPSA) is 109 Å². The van der Waals surface area contributed by atoms with E-state index in [1.165, 1.54) is 0 Å². The minimum absolute atomic E-state index is 0.0254. The lowest BCUT2D eigenvalue weighted by atomic mass is 9.81. The van der Waals surface area contributed by atoms with Crippen LogP contribution in [-0.4, -0.2) is 33.7 Å². The summed E-state index contributed by atoms with van der Waals surface area (Å²) in [6, 6.07) is 11.4. The van der Waals surface area contributed by atoms with Crippen molar-refractivity contribution in [3.8, 4) is 0 Å². The van der Waals surface area contributed by atoms with Crippen LogP contribution in [0.3, 0.4) is 0 Å². The molecule has 1 saturated carbocycles. The minimum Gasteiger partial charge on any atom is -0.445 e. The molecule has 2 aromatic heterocycles. The van der Waals surface area contributed by atoms with Gasteiger partial charge in [0.25, 0.3) is 0 Å². The number of H-pyrrole nitrogens is 1. The van der Waals surface area contributed by atoms with E-state index in [0.717, 1.165) is 42.3 Å². The predicted molar refractivity (Wildman–Crippen MR) is 113 cm³/mol. The summed E-state index contributed by atoms with van der Waals surface area (Å²) in [5.41, 5.74) is 2.34. The van der Waals surface area contributed by atoms with Gasteiger partial charge in [0.05, 0.1) is 17.3 Å². The molecule has 2 heterocycles. The number of fused-ring (bicyclic) bond motifs is 1. The Balaban J connectivity index is 1.19. The van der Waals surface area contributed by atoms with Gasteiger partial charge >= 0.3 is 6.09 Å². The summed E-state index contributed by atoms with van der Waals surface area (Å²) in [6.07, 6.45) is 6.31. The first-order valence-electron chi connectivity index (χ1n) is 10.2. The number of aromatic nitrogens is 3. The summed E-state index contributed by atoms with van der Waals surface area (Å²) in [5, 5.41) is 13.4. The number of aromatic amines is 1. The number of pyridine rings is 1. The Bertz CT molecular complexity index is 996. The Morgan fingerprint density at radius 3 is 2.70 bits per heavy atom. The molecule has 0 radical (unpaired) electrons. The lowest BCUT2D eigenvalue weighted by Crippen LogP contribution is -2.34. The zero-order chi connectivity index (χ0) is 20.8. The first-order chi connectivity index (χ1) is 14.7. The third-order valence-corrected chi connectivity index (χ3v) is 5.58. The van der Waals surface area contributed by atoms with Crippen molar-refractivity contribution in [1.82, 2.24) is 20.5 Å². The maximum Gasteiger partial charge on any atom is 0.407 e. The molecule has 0 bridgehead atoms. The van der Waals surface area contributed by atoms with E-state index in [2.05, 4.69) is 25.8 Å². The molecule has 8 nitrogen and oxygen atoms in total. The molecule has 156 valence electrons. The van der Waals surface area contributed by atoms with Gasteiger partial charge in [-0.1, -0.05) is 30.3 Å². The van der Waals surface area contributed by atoms with Crippen LogP contribution < -0.4 is 10.6 Å². The SMILES string of the molecule is O=C(NCC1CCC(C(=O)Nc2ccnc3[nH]ncc23)CC1)OCc1ccccc1. The number of carbonyl (C=O) groups excluding carboxylic acids is 2. The van der Waals surface area contributed by atoms with Gasteiger partial charge in [-0.15, -0.1) is 0 Å². The number of hydrogen-bond donors (Lipinski definition) is 3. The normalized spacial score (nSPS) is 18.7. The Labute approximate surface area is 174 Å². The van der Waals surface area contributed by atoms with E-state index in [-0.39, 0.29) is 18.4 Å². The Hall–Kier alpha value is -3.42. The fourth-order valence-corrected chi connectivity index (χ4v) is 3.83. The van der Waals surface area contributed by atoms with Gasteiger partial charge in [0.15, 0.2) is 5.65 Å². The van der Waals surface area contributed by atoms with Gasteiger partial charge in [-0.25, -0.2) is 9.78 Å². The van der Waals surface area contributed by atoms with Gasteiger partial charge in [-0.3, -0.25) is 9.89 Å². The molecule has 4 rings (SSSR count). The van der Waals surface area contributed by atoms with Gasteiger partial charge in [-0.2, -0.15) is 5.10 Å². The van der Waals surface area contributed by atoms with E-state index in [1.54, 1.807) is 18.5 Å². The minimum atomic E-state index is -0.402. The number of nitrogens with one attached hydrogen (secondary N) is 3. The third-order valence-electron chi connectivity index (χ3n) is 5.58. The summed E-state index contributed by atoms with van der Waals surface area (Å²) < 4.78 is 5.25. The number of alkyl carbamates (subject to hydrolysis) is 1. The van der Waals surface area contributed by atoms with Crippen molar-refractivity contribution in [3.63, 3.8) is 0 Å². The van der Waals surface area contributed by atoms with Crippen molar-refractivity contribution in [2.24, 2.45) is 11.8 Å². The van der Waals surface area contributed by atoms with Gasteiger partial charge < -0.3 is 15.4 Å². The molecular weight excluding hydrogens is 382 g/mol. The Morgan fingerprint density at radius 2 is 1.90 bits per heavy atom. The molecule has 0 atom stereocenters. The molecule has 1 aliphatic rings. The molecule has 8 heteroatoms. The molecule has 0 saturated heterocycles. The van der Waals surface area contributed by atoms with Gasteiger partial charge in [0, 0.05) is 18.7 Å². The third kappa shape index (κ3) is 4.94. The molecule has 0 unspecified atom stereocenters. The molecule has 1 aliphatic carbocycles. The second-order valence-corrected chi connectivity index (χ2v) is 7.64. The van der Waals surface area contributed by atoms with Crippen molar-refractivity contribution >= 4 is 28.7 Å². The van der Waals surface area contributed by atoms with Gasteiger partial charge in [-0.05, 0) is 43.2 Å². The quantitative estimate of drug-likeness (QED) is 0.578. The standard InChI is InChI=1S/C22H25N5O3/c28-21(26-19-10-11-23-20-18(19)13-25-27-20)17-8-6-15(7-9-17)12-24-22(29)30-14-16-4-2-1-3-5-16/h1-5,10-11,13,15,17H,6-9,12,14H2,(H,24,29)(H2,23,25,26,27,28). The summed E-state index contributed by atoms with van der Waals surface area (Å²) in [5.74, 6) is 0.360. The van der Waals surface area contributed by atoms with Crippen LogP contribution in [-0.2, 0) is 16.1 Å². The van der Waals surface area contributed by atoms with E-state index in [1.807, 2.05) is 30.3 Å². The van der Waals surface area contributed by atoms with E-state index < -0.39 is 6.09 Å². The second-order valence-electron chi connectivity index (χ2n) is 7.64. The van der Waals surface area contributed by atoms with E-state index in [0.29, 0.717) is 18.1 Å². The van der Waals surface area contributed by atoms with E-state index >= 15 is 0 Å². The highest BCUT2D eigenvalue weighted by atomic mass is 16.5. The van der Waals surface area contributed by atoms with Crippen LogP contribution in [0.1, 0.15) is 31.2 Å². The molecule has 30 heavy (non-hydrogen) atoms. The van der Waals surface area contributed by atoms with Gasteiger partial charge in [0.2, 0.25) is 5.91 Å². The van der Waals surface area contributed by atoms with Crippen LogP contribution in [0.2, 0.25) is 0 Å². The first-order valence-corrected chi connectivity index (χ1v) is 10.2. The summed E-state index contributed by atoms with van der Waals surface area (Å²) >= 11 is 0. The molecule has 1 aromatic carbocycles. The molecule has 1 fully saturated rings. The van der Waals surface area contributed by atoms with Crippen molar-refractivity contribution in [3.05, 3.63) is 54.4 Å². The molecule has 0 spiro atoms. The monoisotopic (exact) mass is 407 g/mol. The number of amides is 2. The van der Waals surface area contributed by atoms with Crippen molar-refractivity contribution in [2.45, 2.75) is 32.3 Å². The largest absolute Gasteiger partial charge is 0.445 e. The van der Waals surface area contributed by atoms with Crippen LogP contribution in [0.4, 0.5) is 10.5 Å². The lowest BCUT2D eigenvalue weighted by Gasteiger charge is -2.27. The number of benzene rings is 1. The highest BCUT2D eigenvalue weighted by molar-refractivity contribution is 6.00. The molecular formula is C22H25N5O3. The number of ether oxygens (including phenoxy) is 1. The Morgan fingerprint density at radius 1 is 1.10 bits per heavy atom. The van der Waals surface area contributed by atoms with Crippen molar-refractivity contribution in [1.29, 1.82) is 0 Å². The predicted octanol–water partition coefficient (Wildman–Crippen LogP) is 3.63. The lowest BCUT2D eigenvalue weighted by molar-refractivity contribution is -0.121. The first kappa shape index (κ1) is 19.9. The molecule has 0 aliphatic heterocycles. The second kappa shape index (κ2) is 9.39. The molecule has 2 amide bonds. The highest BCUT2D eigenvalue weighted by Crippen LogP contribution is 2.30. The summed E-state index contributed by atoms with van der Waals surface area (Å²) in [4.78, 5) is 28.8. The van der Waals surface area contributed by atoms with Crippen LogP contribution in [0.25, 0.3) is 11.0 Å². The number of hydrogen-bond acceptors (Lipinski definition) is 5. The van der Waals surface area contributed by atoms with Crippen LogP contribution in [0.5, 0.6) is 0 Å². The number of rotatable bonds is 6. The number of anilines is 1.